The summed E-state index contributed by atoms with van der Waals surface area (Å²) in [6.45, 7) is 1.90. The van der Waals surface area contributed by atoms with Gasteiger partial charge in [0.05, 0.1) is 18.9 Å². The van der Waals surface area contributed by atoms with Crippen molar-refractivity contribution < 1.29 is 34.2 Å². The summed E-state index contributed by atoms with van der Waals surface area (Å²) in [5.41, 5.74) is 3.98. The number of carbonyl (C=O) groups excluding carboxylic acids is 3. The van der Waals surface area contributed by atoms with Crippen LogP contribution in [0.25, 0.3) is 0 Å². The zero-order valence-corrected chi connectivity index (χ0v) is 22.5. The van der Waals surface area contributed by atoms with Crippen LogP contribution in [0, 0.1) is 6.92 Å². The summed E-state index contributed by atoms with van der Waals surface area (Å²) in [6, 6.07) is 19.6. The van der Waals surface area contributed by atoms with Gasteiger partial charge in [-0.3, -0.25) is 19.2 Å². The molecule has 0 bridgehead atoms. The molecule has 0 saturated carbocycles. The number of aryl methyl sites for hydroxylation is 1. The minimum absolute atomic E-state index is 0.0335. The van der Waals surface area contributed by atoms with Crippen molar-refractivity contribution in [1.29, 1.82) is 0 Å². The lowest BCUT2D eigenvalue weighted by molar-refractivity contribution is -0.138. The Morgan fingerprint density at radius 1 is 0.707 bits per heavy atom. The van der Waals surface area contributed by atoms with E-state index in [1.165, 1.54) is 0 Å². The van der Waals surface area contributed by atoms with Crippen LogP contribution in [0.2, 0.25) is 0 Å². The molecule has 0 radical (unpaired) electrons. The van der Waals surface area contributed by atoms with Crippen molar-refractivity contribution in [2.24, 2.45) is 0 Å². The zero-order chi connectivity index (χ0) is 29.8. The van der Waals surface area contributed by atoms with Crippen LogP contribution in [0.1, 0.15) is 48.4 Å². The number of amides is 4. The van der Waals surface area contributed by atoms with Gasteiger partial charge in [-0.1, -0.05) is 42.5 Å². The SMILES string of the molecule is Cc1ccccc1NC(=O)Nc1ccc(CC(=O)Nc2ccc([C@@H](CC(=O)O)NC(=O)CCCC(=O)O)cc2)cc1. The molecule has 41 heavy (non-hydrogen) atoms. The van der Waals surface area contributed by atoms with Gasteiger partial charge >= 0.3 is 18.0 Å². The smallest absolute Gasteiger partial charge is 0.323 e. The number of rotatable bonds is 13. The van der Waals surface area contributed by atoms with Crippen LogP contribution >= 0.6 is 0 Å². The van der Waals surface area contributed by atoms with Crippen molar-refractivity contribution in [3.05, 3.63) is 89.5 Å². The van der Waals surface area contributed by atoms with Gasteiger partial charge in [-0.25, -0.2) is 4.79 Å². The van der Waals surface area contributed by atoms with Crippen LogP contribution in [0.3, 0.4) is 0 Å². The number of carboxylic acid groups (broad SMARTS) is 2. The maximum atomic E-state index is 12.6. The van der Waals surface area contributed by atoms with E-state index < -0.39 is 23.9 Å². The van der Waals surface area contributed by atoms with E-state index in [2.05, 4.69) is 21.3 Å². The molecular weight excluding hydrogens is 528 g/mol. The average molecular weight is 561 g/mol. The highest BCUT2D eigenvalue weighted by atomic mass is 16.4. The predicted molar refractivity (Wildman–Crippen MR) is 154 cm³/mol. The number of hydrogen-bond donors (Lipinski definition) is 6. The van der Waals surface area contributed by atoms with E-state index in [9.17, 15) is 29.1 Å². The summed E-state index contributed by atoms with van der Waals surface area (Å²) >= 11 is 0. The Morgan fingerprint density at radius 2 is 1.34 bits per heavy atom. The molecule has 214 valence electrons. The monoisotopic (exact) mass is 560 g/mol. The van der Waals surface area contributed by atoms with E-state index in [0.717, 1.165) is 11.1 Å². The lowest BCUT2D eigenvalue weighted by Gasteiger charge is -2.18. The first-order chi connectivity index (χ1) is 19.6. The van der Waals surface area contributed by atoms with Gasteiger partial charge in [-0.05, 0) is 60.4 Å². The fourth-order valence-electron chi connectivity index (χ4n) is 3.99. The van der Waals surface area contributed by atoms with Crippen molar-refractivity contribution in [3.8, 4) is 0 Å². The van der Waals surface area contributed by atoms with Gasteiger partial charge < -0.3 is 31.5 Å². The first-order valence-electron chi connectivity index (χ1n) is 12.9. The highest BCUT2D eigenvalue weighted by Crippen LogP contribution is 2.21. The molecule has 3 aromatic rings. The largest absolute Gasteiger partial charge is 0.481 e. The molecule has 0 heterocycles. The first-order valence-corrected chi connectivity index (χ1v) is 12.9. The van der Waals surface area contributed by atoms with Crippen LogP contribution in [0.4, 0.5) is 21.9 Å². The van der Waals surface area contributed by atoms with E-state index in [1.807, 2.05) is 31.2 Å². The highest BCUT2D eigenvalue weighted by Gasteiger charge is 2.18. The van der Waals surface area contributed by atoms with Crippen LogP contribution in [-0.2, 0) is 25.6 Å². The molecule has 0 spiro atoms. The molecule has 0 aliphatic carbocycles. The maximum absolute atomic E-state index is 12.6. The van der Waals surface area contributed by atoms with Gasteiger partial charge in [0.15, 0.2) is 0 Å². The Morgan fingerprint density at radius 3 is 1.98 bits per heavy atom. The summed E-state index contributed by atoms with van der Waals surface area (Å²) in [4.78, 5) is 58.9. The van der Waals surface area contributed by atoms with Crippen molar-refractivity contribution in [2.45, 2.75) is 45.1 Å². The standard InChI is InChI=1S/C30H32N4O7/c1-19-5-2-3-6-24(19)34-30(41)32-23-13-9-20(10-14-23)17-27(36)31-22-15-11-21(12-16-22)25(18-29(39)40)33-26(35)7-4-8-28(37)38/h2-3,5-6,9-16,25H,4,7-8,17-18H2,1H3,(H,31,36)(H,33,35)(H,37,38)(H,39,40)(H2,32,34,41)/t25-/m1/s1. The number of para-hydroxylation sites is 1. The van der Waals surface area contributed by atoms with E-state index in [4.69, 9.17) is 5.11 Å². The molecule has 0 fully saturated rings. The van der Waals surface area contributed by atoms with Gasteiger partial charge in [0.25, 0.3) is 0 Å². The van der Waals surface area contributed by atoms with Crippen molar-refractivity contribution in [2.75, 3.05) is 16.0 Å². The number of aliphatic carboxylic acids is 2. The van der Waals surface area contributed by atoms with Crippen molar-refractivity contribution >= 4 is 46.8 Å². The normalized spacial score (nSPS) is 11.1. The molecule has 0 unspecified atom stereocenters. The Kier molecular flexibility index (Phi) is 11.0. The third-order valence-electron chi connectivity index (χ3n) is 6.08. The van der Waals surface area contributed by atoms with Crippen molar-refractivity contribution in [3.63, 3.8) is 0 Å². The highest BCUT2D eigenvalue weighted by molar-refractivity contribution is 6.00. The van der Waals surface area contributed by atoms with Gasteiger partial charge in [0, 0.05) is 29.9 Å². The Labute approximate surface area is 237 Å². The number of nitrogens with one attached hydrogen (secondary N) is 4. The second kappa shape index (κ2) is 14.8. The fourth-order valence-corrected chi connectivity index (χ4v) is 3.99. The van der Waals surface area contributed by atoms with Crippen LogP contribution < -0.4 is 21.3 Å². The third kappa shape index (κ3) is 10.5. The number of anilines is 3. The molecule has 11 heteroatoms. The average Bonchev–Trinajstić information content (AvgIpc) is 2.90. The third-order valence-corrected chi connectivity index (χ3v) is 6.08. The summed E-state index contributed by atoms with van der Waals surface area (Å²) in [5.74, 6) is -2.83. The fraction of sp³-hybridized carbons (Fsp3) is 0.233. The number of benzene rings is 3. The molecule has 3 rings (SSSR count). The predicted octanol–water partition coefficient (Wildman–Crippen LogP) is 4.71. The second-order valence-corrected chi connectivity index (χ2v) is 9.40. The quantitative estimate of drug-likeness (QED) is 0.176. The van der Waals surface area contributed by atoms with Gasteiger partial charge in [0.2, 0.25) is 11.8 Å². The number of hydrogen-bond acceptors (Lipinski definition) is 5. The molecular formula is C30H32N4O7. The Balaban J connectivity index is 1.51. The molecule has 4 amide bonds. The molecule has 0 aromatic heterocycles. The maximum Gasteiger partial charge on any atom is 0.323 e. The lowest BCUT2D eigenvalue weighted by Crippen LogP contribution is -2.30. The van der Waals surface area contributed by atoms with Gasteiger partial charge in [-0.2, -0.15) is 0 Å². The molecule has 11 nitrogen and oxygen atoms in total. The van der Waals surface area contributed by atoms with Crippen LogP contribution in [0.15, 0.2) is 72.8 Å². The number of carboxylic acids is 2. The van der Waals surface area contributed by atoms with Crippen LogP contribution in [0.5, 0.6) is 0 Å². The number of carbonyl (C=O) groups is 5. The molecule has 0 saturated heterocycles. The van der Waals surface area contributed by atoms with E-state index in [-0.39, 0.29) is 44.0 Å². The van der Waals surface area contributed by atoms with Crippen LogP contribution in [-0.4, -0.2) is 40.0 Å². The van der Waals surface area contributed by atoms with Crippen molar-refractivity contribution in [1.82, 2.24) is 5.32 Å². The Bertz CT molecular complexity index is 1390. The molecule has 1 atom stereocenters. The van der Waals surface area contributed by atoms with Gasteiger partial charge in [-0.15, -0.1) is 0 Å². The zero-order valence-electron chi connectivity index (χ0n) is 22.5. The van der Waals surface area contributed by atoms with E-state index >= 15 is 0 Å². The second-order valence-electron chi connectivity index (χ2n) is 9.40. The minimum Gasteiger partial charge on any atom is -0.481 e. The summed E-state index contributed by atoms with van der Waals surface area (Å²) in [7, 11) is 0. The molecule has 0 aliphatic rings. The minimum atomic E-state index is -1.11. The topological polar surface area (TPSA) is 174 Å². The molecule has 3 aromatic carbocycles. The van der Waals surface area contributed by atoms with E-state index in [0.29, 0.717) is 22.6 Å². The first kappa shape index (κ1) is 30.4. The van der Waals surface area contributed by atoms with Gasteiger partial charge in [0.1, 0.15) is 0 Å². The lowest BCUT2D eigenvalue weighted by atomic mass is 10.0. The summed E-state index contributed by atoms with van der Waals surface area (Å²) in [6.07, 6.45) is -0.305. The molecule has 0 aliphatic heterocycles. The summed E-state index contributed by atoms with van der Waals surface area (Å²) < 4.78 is 0. The Hall–Kier alpha value is -5.19. The molecule has 6 N–H and O–H groups in total. The number of urea groups is 1. The van der Waals surface area contributed by atoms with E-state index in [1.54, 1.807) is 48.5 Å². The summed E-state index contributed by atoms with van der Waals surface area (Å²) in [5, 5.41) is 28.9.